The van der Waals surface area contributed by atoms with Crippen LogP contribution in [0.3, 0.4) is 0 Å². The molecule has 0 aliphatic heterocycles. The molecule has 3 N–H and O–H groups in total. The lowest BCUT2D eigenvalue weighted by molar-refractivity contribution is -0.125. The molecule has 2 aromatic carbocycles. The van der Waals surface area contributed by atoms with Gasteiger partial charge in [0.25, 0.3) is 0 Å². The van der Waals surface area contributed by atoms with E-state index < -0.39 is 0 Å². The van der Waals surface area contributed by atoms with Crippen molar-refractivity contribution in [3.05, 3.63) is 78.0 Å². The average Bonchev–Trinajstić information content (AvgIpc) is 3.34. The molecule has 2 unspecified atom stereocenters. The molecule has 0 spiro atoms. The van der Waals surface area contributed by atoms with Crippen LogP contribution in [0.2, 0.25) is 0 Å². The normalized spacial score (nSPS) is 18.9. The largest absolute Gasteiger partial charge is 0.352 e. The highest BCUT2D eigenvalue weighted by molar-refractivity contribution is 5.79. The van der Waals surface area contributed by atoms with Crippen LogP contribution in [0.4, 0.5) is 0 Å². The molecule has 0 bridgehead atoms. The van der Waals surface area contributed by atoms with Crippen molar-refractivity contribution < 1.29 is 4.79 Å². The topological polar surface area (TPSA) is 72.9 Å². The van der Waals surface area contributed by atoms with Gasteiger partial charge in [-0.25, -0.2) is 0 Å². The van der Waals surface area contributed by atoms with Crippen molar-refractivity contribution in [2.75, 3.05) is 0 Å². The van der Waals surface area contributed by atoms with E-state index in [2.05, 4.69) is 29.6 Å². The van der Waals surface area contributed by atoms with Gasteiger partial charge in [0.05, 0.1) is 12.2 Å². The van der Waals surface area contributed by atoms with Crippen molar-refractivity contribution in [2.24, 2.45) is 11.7 Å². The van der Waals surface area contributed by atoms with Crippen LogP contribution in [-0.2, 0) is 17.9 Å². The van der Waals surface area contributed by atoms with Gasteiger partial charge in [0.2, 0.25) is 5.91 Å². The van der Waals surface area contributed by atoms with Crippen molar-refractivity contribution in [3.63, 3.8) is 0 Å². The highest BCUT2D eigenvalue weighted by Crippen LogP contribution is 2.25. The Hall–Kier alpha value is -2.92. The van der Waals surface area contributed by atoms with Crippen molar-refractivity contribution >= 4 is 5.91 Å². The first-order chi connectivity index (χ1) is 13.7. The Morgan fingerprint density at radius 1 is 1.07 bits per heavy atom. The van der Waals surface area contributed by atoms with Gasteiger partial charge in [-0.3, -0.25) is 9.48 Å². The second-order valence-corrected chi connectivity index (χ2v) is 7.54. The predicted molar refractivity (Wildman–Crippen MR) is 110 cm³/mol. The predicted octanol–water partition coefficient (Wildman–Crippen LogP) is 3.34. The monoisotopic (exact) mass is 374 g/mol. The second-order valence-electron chi connectivity index (χ2n) is 7.54. The lowest BCUT2D eigenvalue weighted by Crippen LogP contribution is -2.30. The van der Waals surface area contributed by atoms with Crippen molar-refractivity contribution in [1.29, 1.82) is 0 Å². The zero-order valence-electron chi connectivity index (χ0n) is 15.9. The second kappa shape index (κ2) is 8.40. The lowest BCUT2D eigenvalue weighted by Gasteiger charge is -2.10. The lowest BCUT2D eigenvalue weighted by atomic mass is 10.1. The number of carbonyl (C=O) groups is 1. The highest BCUT2D eigenvalue weighted by Gasteiger charge is 2.27. The summed E-state index contributed by atoms with van der Waals surface area (Å²) in [6.45, 7) is 1.18. The Kier molecular flexibility index (Phi) is 5.53. The quantitative estimate of drug-likeness (QED) is 0.695. The van der Waals surface area contributed by atoms with Crippen LogP contribution in [0.15, 0.2) is 66.9 Å². The number of nitrogens with one attached hydrogen (secondary N) is 1. The molecule has 5 heteroatoms. The summed E-state index contributed by atoms with van der Waals surface area (Å²) in [7, 11) is 0. The fourth-order valence-electron chi connectivity index (χ4n) is 3.86. The molecule has 1 saturated carbocycles. The standard InChI is InChI=1S/C23H26N4O/c24-21-12-11-19(13-21)23(28)25-14-20-16-27(15-17-7-3-1-4-8-17)26-22(20)18-9-5-2-6-10-18/h1-10,16,19,21H,11-15,24H2,(H,25,28). The summed E-state index contributed by atoms with van der Waals surface area (Å²) >= 11 is 0. The highest BCUT2D eigenvalue weighted by atomic mass is 16.1. The molecule has 1 aliphatic carbocycles. The molecular formula is C23H26N4O. The summed E-state index contributed by atoms with van der Waals surface area (Å²) in [5, 5.41) is 7.91. The molecule has 4 rings (SSSR count). The molecular weight excluding hydrogens is 348 g/mol. The Morgan fingerprint density at radius 2 is 1.79 bits per heavy atom. The van der Waals surface area contributed by atoms with E-state index in [0.717, 1.165) is 36.1 Å². The zero-order valence-corrected chi connectivity index (χ0v) is 15.9. The molecule has 3 aromatic rings. The fourth-order valence-corrected chi connectivity index (χ4v) is 3.86. The van der Waals surface area contributed by atoms with Gasteiger partial charge in [-0.05, 0) is 24.8 Å². The van der Waals surface area contributed by atoms with E-state index in [1.165, 1.54) is 5.56 Å². The first kappa shape index (κ1) is 18.4. The first-order valence-corrected chi connectivity index (χ1v) is 9.88. The van der Waals surface area contributed by atoms with E-state index in [9.17, 15) is 4.79 Å². The van der Waals surface area contributed by atoms with Gasteiger partial charge in [-0.1, -0.05) is 60.7 Å². The van der Waals surface area contributed by atoms with Gasteiger partial charge in [-0.15, -0.1) is 0 Å². The molecule has 1 aromatic heterocycles. The molecule has 1 heterocycles. The third-order valence-electron chi connectivity index (χ3n) is 5.37. The smallest absolute Gasteiger partial charge is 0.223 e. The minimum Gasteiger partial charge on any atom is -0.352 e. The van der Waals surface area contributed by atoms with Gasteiger partial charge in [-0.2, -0.15) is 5.10 Å². The Labute approximate surface area is 165 Å². The number of rotatable bonds is 6. The molecule has 1 aliphatic rings. The van der Waals surface area contributed by atoms with Gasteiger partial charge >= 0.3 is 0 Å². The summed E-state index contributed by atoms with van der Waals surface area (Å²) in [5.41, 5.74) is 10.1. The molecule has 5 nitrogen and oxygen atoms in total. The molecule has 0 saturated heterocycles. The van der Waals surface area contributed by atoms with Crippen molar-refractivity contribution in [2.45, 2.75) is 38.4 Å². The number of nitrogens with two attached hydrogens (primary N) is 1. The number of hydrogen-bond acceptors (Lipinski definition) is 3. The molecule has 1 amide bonds. The molecule has 144 valence electrons. The third-order valence-corrected chi connectivity index (χ3v) is 5.37. The minimum atomic E-state index is 0.0366. The number of amides is 1. The van der Waals surface area contributed by atoms with E-state index in [-0.39, 0.29) is 17.9 Å². The van der Waals surface area contributed by atoms with Crippen LogP contribution in [-0.4, -0.2) is 21.7 Å². The summed E-state index contributed by atoms with van der Waals surface area (Å²) in [6.07, 6.45) is 4.63. The van der Waals surface area contributed by atoms with E-state index >= 15 is 0 Å². The van der Waals surface area contributed by atoms with E-state index in [1.807, 2.05) is 47.3 Å². The van der Waals surface area contributed by atoms with Crippen LogP contribution in [0.1, 0.15) is 30.4 Å². The van der Waals surface area contributed by atoms with Crippen molar-refractivity contribution in [3.8, 4) is 11.3 Å². The third kappa shape index (κ3) is 4.31. The van der Waals surface area contributed by atoms with Gasteiger partial charge < -0.3 is 11.1 Å². The molecule has 0 radical (unpaired) electrons. The maximum atomic E-state index is 12.5. The van der Waals surface area contributed by atoms with Gasteiger partial charge in [0.15, 0.2) is 0 Å². The average molecular weight is 374 g/mol. The van der Waals surface area contributed by atoms with Gasteiger partial charge in [0, 0.05) is 35.8 Å². The van der Waals surface area contributed by atoms with Crippen LogP contribution in [0.25, 0.3) is 11.3 Å². The van der Waals surface area contributed by atoms with Crippen LogP contribution < -0.4 is 11.1 Å². The summed E-state index contributed by atoms with van der Waals surface area (Å²) in [6, 6.07) is 20.5. The fraction of sp³-hybridized carbons (Fsp3) is 0.304. The number of hydrogen-bond donors (Lipinski definition) is 2. The maximum Gasteiger partial charge on any atom is 0.223 e. The molecule has 2 atom stereocenters. The first-order valence-electron chi connectivity index (χ1n) is 9.88. The summed E-state index contributed by atoms with van der Waals surface area (Å²) in [4.78, 5) is 12.5. The van der Waals surface area contributed by atoms with Gasteiger partial charge in [0.1, 0.15) is 0 Å². The number of nitrogens with zero attached hydrogens (tertiary/aromatic N) is 2. The minimum absolute atomic E-state index is 0.0366. The van der Waals surface area contributed by atoms with Crippen LogP contribution >= 0.6 is 0 Å². The van der Waals surface area contributed by atoms with Crippen molar-refractivity contribution in [1.82, 2.24) is 15.1 Å². The maximum absolute atomic E-state index is 12.5. The van der Waals surface area contributed by atoms with E-state index in [1.54, 1.807) is 0 Å². The number of benzene rings is 2. The molecule has 1 fully saturated rings. The molecule has 28 heavy (non-hydrogen) atoms. The Balaban J connectivity index is 1.53. The zero-order chi connectivity index (χ0) is 19.3. The van der Waals surface area contributed by atoms with Crippen LogP contribution in [0, 0.1) is 5.92 Å². The van der Waals surface area contributed by atoms with E-state index in [0.29, 0.717) is 13.1 Å². The van der Waals surface area contributed by atoms with Crippen LogP contribution in [0.5, 0.6) is 0 Å². The van der Waals surface area contributed by atoms with E-state index in [4.69, 9.17) is 10.8 Å². The number of aromatic nitrogens is 2. The SMILES string of the molecule is NC1CCC(C(=O)NCc2cn(Cc3ccccc3)nc2-c2ccccc2)C1. The summed E-state index contributed by atoms with van der Waals surface area (Å²) in [5.74, 6) is 0.136. The Bertz CT molecular complexity index is 920. The number of carbonyl (C=O) groups excluding carboxylic acids is 1. The summed E-state index contributed by atoms with van der Waals surface area (Å²) < 4.78 is 1.95. The Morgan fingerprint density at radius 3 is 2.46 bits per heavy atom.